The van der Waals surface area contributed by atoms with Crippen LogP contribution >= 0.6 is 72.6 Å². The second-order valence-electron chi connectivity index (χ2n) is 28.2. The summed E-state index contributed by atoms with van der Waals surface area (Å²) in [6.45, 7) is 11.2. The van der Waals surface area contributed by atoms with E-state index in [1.807, 2.05) is 87.7 Å². The first-order valence-electron chi connectivity index (χ1n) is 38.1. The van der Waals surface area contributed by atoms with Crippen molar-refractivity contribution in [3.05, 3.63) is 234 Å². The number of halogens is 1. The molecule has 5 saturated heterocycles. The third-order valence-corrected chi connectivity index (χ3v) is 26.0. The molecule has 0 spiro atoms. The van der Waals surface area contributed by atoms with Crippen molar-refractivity contribution in [2.75, 3.05) is 116 Å². The Morgan fingerprint density at radius 1 is 0.348 bits per heavy atom. The maximum atomic E-state index is 12.5. The van der Waals surface area contributed by atoms with Crippen LogP contribution in [-0.4, -0.2) is 118 Å². The normalized spacial score (nSPS) is 15.2. The summed E-state index contributed by atoms with van der Waals surface area (Å²) in [6.07, 6.45) is 12.3. The van der Waals surface area contributed by atoms with Crippen LogP contribution < -0.4 is 51.6 Å². The molecular weight excluding hydrogens is 1630 g/mol. The van der Waals surface area contributed by atoms with E-state index in [4.69, 9.17) is 36.7 Å². The smallest absolute Gasteiger partial charge is 0.335 e. The average molecular weight is 1700 g/mol. The molecule has 22 nitrogen and oxygen atoms in total. The van der Waals surface area contributed by atoms with Crippen LogP contribution in [0.2, 0.25) is 0 Å². The topological polar surface area (TPSA) is 279 Å². The van der Waals surface area contributed by atoms with E-state index in [9.17, 15) is 39.0 Å². The molecule has 0 bridgehead atoms. The third-order valence-electron chi connectivity index (χ3n) is 20.6. The van der Waals surface area contributed by atoms with Crippen LogP contribution in [0.3, 0.4) is 0 Å². The van der Waals surface area contributed by atoms with Crippen LogP contribution in [0.5, 0.6) is 11.5 Å². The molecule has 0 saturated carbocycles. The Morgan fingerprint density at radius 2 is 0.670 bits per heavy atom. The zero-order valence-electron chi connectivity index (χ0n) is 62.3. The van der Waals surface area contributed by atoms with Gasteiger partial charge in [0.05, 0.1) is 37.6 Å². The van der Waals surface area contributed by atoms with Gasteiger partial charge < -0.3 is 76.4 Å². The minimum atomic E-state index is -0.958. The molecule has 5 fully saturated rings. The number of carboxylic acid groups (broad SMARTS) is 1. The maximum absolute atomic E-state index is 12.5. The van der Waals surface area contributed by atoms with Crippen molar-refractivity contribution in [1.82, 2.24) is 4.98 Å². The molecule has 20 rings (SSSR count). The van der Waals surface area contributed by atoms with Crippen molar-refractivity contribution in [1.29, 1.82) is 0 Å². The van der Waals surface area contributed by atoms with Crippen molar-refractivity contribution in [3.63, 3.8) is 0 Å². The number of carbonyl (C=O) groups is 1. The number of benzene rings is 4. The zero-order chi connectivity index (χ0) is 79.1. The lowest BCUT2D eigenvalue weighted by Gasteiger charge is -2.27. The van der Waals surface area contributed by atoms with E-state index < -0.39 is 5.97 Å². The summed E-state index contributed by atoms with van der Waals surface area (Å²) in [6, 6.07) is 40.5. The molecule has 28 heteroatoms. The Hall–Kier alpha value is -10.8. The van der Waals surface area contributed by atoms with Crippen LogP contribution in [0.25, 0.3) is 107 Å². The molecule has 5 aliphatic rings. The largest absolute Gasteiger partial charge is 0.508 e. The van der Waals surface area contributed by atoms with E-state index in [0.29, 0.717) is 107 Å². The number of aromatic nitrogens is 1. The monoisotopic (exact) mass is 1700 g/mol. The van der Waals surface area contributed by atoms with Gasteiger partial charge in [-0.25, -0.2) is 4.79 Å². The van der Waals surface area contributed by atoms with Gasteiger partial charge in [0.25, 0.3) is 0 Å². The second-order valence-corrected chi connectivity index (χ2v) is 33.5. The van der Waals surface area contributed by atoms with Crippen molar-refractivity contribution in [2.45, 2.75) is 57.8 Å². The standard InChI is InChI=1S/C19H17NO4S.2C18H17NO3S.C17H14BrNO3S.C15H14N2O3S/c21-15-10-16(20-8-2-1-3-9-20)24-17-14(11-25-18(15)17)12-4-6-13(7-5-12)19(22)23;20-13-6-4-12(5-7-13)14-11-23-18-15(21)10-16(22-17(14)18)19-8-2-1-3-9-19;20-13-6-4-5-12(9-13)14-11-23-18-15(21)10-16(22-17(14)18)19-7-2-1-3-8-19;18-12-3-1-11(2-4-12)13-10-23-17-14(20)9-15(22-16(13)17)19-5-7-21-8-6-19;18-12-8-13(17-4-6-19-7-5-17)20-14-10(9-21-15(12)14)11-2-1-3-16-11/h4-7,10-11H,1-3,8-9H2,(H,22,23);4-7,10-11,20H,1-3,8-9H2;4-6,9-11,20H,1-3,7-8H2;1-4,9-10H,5-8H2;1-3,8-9,16H,4-7H2. The average Bonchev–Trinajstić information content (AvgIpc) is 1.69. The number of nitrogens with one attached hydrogen (secondary N) is 1. The van der Waals surface area contributed by atoms with Gasteiger partial charge in [0.15, 0.2) is 57.3 Å². The molecule has 5 aliphatic heterocycles. The molecular formula is C87H79BrN6O16S5. The van der Waals surface area contributed by atoms with Gasteiger partial charge in [0.1, 0.15) is 35.0 Å². The highest BCUT2D eigenvalue weighted by Gasteiger charge is 2.26. The van der Waals surface area contributed by atoms with Gasteiger partial charge in [-0.15, -0.1) is 56.7 Å². The number of phenolic OH excluding ortho intramolecular Hbond substituents is 2. The molecule has 15 aromatic rings. The lowest BCUT2D eigenvalue weighted by molar-refractivity contribution is 0.0696. The van der Waals surface area contributed by atoms with E-state index in [1.54, 1.807) is 84.9 Å². The number of aromatic hydroxyl groups is 2. The van der Waals surface area contributed by atoms with Crippen LogP contribution in [0.4, 0.5) is 29.4 Å². The van der Waals surface area contributed by atoms with E-state index in [1.165, 1.54) is 75.9 Å². The van der Waals surface area contributed by atoms with Gasteiger partial charge in [-0.2, -0.15) is 0 Å². The fraction of sp³-hybridized carbons (Fsp3) is 0.264. The Bertz CT molecular complexity index is 6090. The van der Waals surface area contributed by atoms with Gasteiger partial charge in [-0.1, -0.05) is 64.5 Å². The molecule has 0 amide bonds. The molecule has 0 radical (unpaired) electrons. The number of rotatable bonds is 11. The molecule has 0 atom stereocenters. The van der Waals surface area contributed by atoms with E-state index in [2.05, 4.69) is 45.4 Å². The summed E-state index contributed by atoms with van der Waals surface area (Å²) in [7, 11) is 0. The summed E-state index contributed by atoms with van der Waals surface area (Å²) < 4.78 is 45.4. The fourth-order valence-electron chi connectivity index (χ4n) is 14.6. The van der Waals surface area contributed by atoms with E-state index in [-0.39, 0.29) is 44.2 Å². The number of H-pyrrole nitrogens is 1. The maximum Gasteiger partial charge on any atom is 0.335 e. The first-order chi connectivity index (χ1) is 56.1. The molecule has 4 N–H and O–H groups in total. The first kappa shape index (κ1) is 78.1. The number of hydrogen-bond acceptors (Lipinski definition) is 25. The number of anilines is 5. The summed E-state index contributed by atoms with van der Waals surface area (Å²) in [5.41, 5.74) is 12.6. The number of ether oxygens (including phenoxy) is 2. The number of morpholine rings is 2. The van der Waals surface area contributed by atoms with Crippen LogP contribution in [0, 0.1) is 0 Å². The number of aromatic carboxylic acids is 1. The summed E-state index contributed by atoms with van der Waals surface area (Å²) >= 11 is 10.5. The third kappa shape index (κ3) is 17.6. The van der Waals surface area contributed by atoms with E-state index in [0.717, 1.165) is 164 Å². The second kappa shape index (κ2) is 35.5. The Morgan fingerprint density at radius 3 is 1.01 bits per heavy atom. The van der Waals surface area contributed by atoms with Crippen molar-refractivity contribution in [3.8, 4) is 67.3 Å². The molecule has 11 aromatic heterocycles. The van der Waals surface area contributed by atoms with Gasteiger partial charge in [0.2, 0.25) is 27.1 Å². The number of piperidine rings is 3. The lowest BCUT2D eigenvalue weighted by Crippen LogP contribution is -2.36. The number of aromatic amines is 1. The van der Waals surface area contributed by atoms with Crippen LogP contribution in [0.1, 0.15) is 68.1 Å². The van der Waals surface area contributed by atoms with Crippen molar-refractivity contribution < 1.29 is 51.7 Å². The van der Waals surface area contributed by atoms with Crippen LogP contribution in [0.15, 0.2) is 223 Å². The predicted octanol–water partition coefficient (Wildman–Crippen LogP) is 19.5. The molecule has 590 valence electrons. The Kier molecular flexibility index (Phi) is 24.1. The number of thiophene rings is 5. The zero-order valence-corrected chi connectivity index (χ0v) is 68.0. The van der Waals surface area contributed by atoms with Crippen molar-refractivity contribution >= 4 is 159 Å². The van der Waals surface area contributed by atoms with E-state index >= 15 is 0 Å². The quantitative estimate of drug-likeness (QED) is 0.0936. The van der Waals surface area contributed by atoms with Gasteiger partial charge in [0, 0.05) is 161 Å². The minimum Gasteiger partial charge on any atom is -0.508 e. The lowest BCUT2D eigenvalue weighted by atomic mass is 10.1. The van der Waals surface area contributed by atoms with Crippen LogP contribution in [-0.2, 0) is 9.47 Å². The van der Waals surface area contributed by atoms with Crippen molar-refractivity contribution in [2.24, 2.45) is 0 Å². The SMILES string of the molecule is O=C(O)c1ccc(-c2csc3c(=O)cc(N4CCCCC4)oc23)cc1.O=c1cc(N2CCCCC2)oc2c(-c3ccc(O)cc3)csc12.O=c1cc(N2CCCCC2)oc2c(-c3cccc(O)c3)csc12.O=c1cc(N2CCOCC2)oc2c(-c3ccc(Br)cc3)csc12.O=c1cc(N2CCOCC2)oc2c(-c3ccc[nH]3)csc12. The molecule has 16 heterocycles. The van der Waals surface area contributed by atoms with Gasteiger partial charge in [-0.3, -0.25) is 24.0 Å². The number of fused-ring (bicyclic) bond motifs is 5. The first-order valence-corrected chi connectivity index (χ1v) is 43.3. The molecule has 115 heavy (non-hydrogen) atoms. The minimum absolute atomic E-state index is 0.00299. The molecule has 0 aliphatic carbocycles. The summed E-state index contributed by atoms with van der Waals surface area (Å²) in [5, 5.41) is 37.9. The number of phenols is 2. The van der Waals surface area contributed by atoms with Gasteiger partial charge in [-0.05, 0) is 141 Å². The highest BCUT2D eigenvalue weighted by molar-refractivity contribution is 9.10. The number of hydrogen-bond donors (Lipinski definition) is 4. The number of carboxylic acids is 1. The summed E-state index contributed by atoms with van der Waals surface area (Å²) in [5.74, 6) is 2.67. The predicted molar refractivity (Wildman–Crippen MR) is 466 cm³/mol. The number of nitrogens with zero attached hydrogens (tertiary/aromatic N) is 5. The van der Waals surface area contributed by atoms with Gasteiger partial charge >= 0.3 is 5.97 Å². The Balaban J connectivity index is 0.000000108. The highest BCUT2D eigenvalue weighted by Crippen LogP contribution is 2.41. The fourth-order valence-corrected chi connectivity index (χ4v) is 19.4. The molecule has 0 unspecified atom stereocenters. The summed E-state index contributed by atoms with van der Waals surface area (Å²) in [4.78, 5) is 86.8. The highest BCUT2D eigenvalue weighted by atomic mass is 79.9. The Labute approximate surface area is 686 Å². The molecule has 4 aromatic carbocycles.